The largest absolute Gasteiger partial charge is 0.434 e. The van der Waals surface area contributed by atoms with Crippen molar-refractivity contribution in [2.75, 3.05) is 6.54 Å². The van der Waals surface area contributed by atoms with Crippen molar-refractivity contribution in [3.63, 3.8) is 0 Å². The van der Waals surface area contributed by atoms with Gasteiger partial charge in [0, 0.05) is 6.54 Å². The van der Waals surface area contributed by atoms with Crippen molar-refractivity contribution >= 4 is 5.91 Å². The Bertz CT molecular complexity index is 906. The number of para-hydroxylation sites is 1. The number of nitrogens with zero attached hydrogens (tertiary/aromatic N) is 2. The number of rotatable bonds is 7. The molecule has 7 heteroatoms. The van der Waals surface area contributed by atoms with E-state index in [0.29, 0.717) is 13.0 Å². The minimum Gasteiger partial charge on any atom is -0.352 e. The number of aryl methyl sites for hydroxylation is 1. The summed E-state index contributed by atoms with van der Waals surface area (Å²) in [4.78, 5) is 12.3. The maximum Gasteiger partial charge on any atom is 0.434 e. The van der Waals surface area contributed by atoms with Gasteiger partial charge in [0.25, 0.3) is 5.91 Å². The fraction of sp³-hybridized carbons (Fsp3) is 0.238. The number of amides is 1. The van der Waals surface area contributed by atoms with Crippen molar-refractivity contribution in [2.45, 2.75) is 25.4 Å². The molecule has 0 bridgehead atoms. The lowest BCUT2D eigenvalue weighted by Crippen LogP contribution is -2.27. The molecule has 0 aliphatic heterocycles. The predicted molar refractivity (Wildman–Crippen MR) is 100 cm³/mol. The smallest absolute Gasteiger partial charge is 0.352 e. The summed E-state index contributed by atoms with van der Waals surface area (Å²) in [5.41, 5.74) is -0.103. The second-order valence-corrected chi connectivity index (χ2v) is 6.35. The highest BCUT2D eigenvalue weighted by molar-refractivity contribution is 5.95. The van der Waals surface area contributed by atoms with E-state index in [1.54, 1.807) is 18.2 Å². The number of nitrogens with one attached hydrogen (secondary N) is 1. The Morgan fingerprint density at radius 3 is 2.25 bits per heavy atom. The van der Waals surface area contributed by atoms with Crippen molar-refractivity contribution in [2.24, 2.45) is 0 Å². The molecule has 2 aromatic carbocycles. The molecule has 0 saturated heterocycles. The fourth-order valence-electron chi connectivity index (χ4n) is 2.95. The van der Waals surface area contributed by atoms with E-state index in [1.165, 1.54) is 17.7 Å². The number of hydrogen-bond donors (Lipinski definition) is 1. The van der Waals surface area contributed by atoms with Crippen molar-refractivity contribution in [1.29, 1.82) is 0 Å². The lowest BCUT2D eigenvalue weighted by molar-refractivity contribution is -0.143. The zero-order valence-corrected chi connectivity index (χ0v) is 15.1. The number of unbranched alkanes of at least 4 members (excludes halogenated alkanes) is 1. The molecule has 146 valence electrons. The molecule has 3 rings (SSSR count). The molecule has 0 spiro atoms. The second-order valence-electron chi connectivity index (χ2n) is 6.35. The summed E-state index contributed by atoms with van der Waals surface area (Å²) in [7, 11) is 0. The van der Waals surface area contributed by atoms with Gasteiger partial charge >= 0.3 is 6.18 Å². The van der Waals surface area contributed by atoms with Crippen molar-refractivity contribution in [3.8, 4) is 5.69 Å². The van der Waals surface area contributed by atoms with Gasteiger partial charge in [-0.05, 0) is 37.0 Å². The maximum absolute atomic E-state index is 13.6. The average molecular weight is 387 g/mol. The van der Waals surface area contributed by atoms with Crippen molar-refractivity contribution < 1.29 is 18.0 Å². The quantitative estimate of drug-likeness (QED) is 0.600. The van der Waals surface area contributed by atoms with Crippen LogP contribution in [-0.2, 0) is 12.6 Å². The zero-order chi connectivity index (χ0) is 20.0. The SMILES string of the molecule is O=C(NCCCCc1ccccc1)c1cnn(-c2ccccc2)c1C(F)(F)F. The Morgan fingerprint density at radius 2 is 1.61 bits per heavy atom. The third-order valence-electron chi connectivity index (χ3n) is 4.30. The van der Waals surface area contributed by atoms with Crippen LogP contribution in [0.3, 0.4) is 0 Å². The third-order valence-corrected chi connectivity index (χ3v) is 4.30. The highest BCUT2D eigenvalue weighted by Crippen LogP contribution is 2.33. The maximum atomic E-state index is 13.6. The number of alkyl halides is 3. The van der Waals surface area contributed by atoms with Crippen LogP contribution in [0.4, 0.5) is 13.2 Å². The zero-order valence-electron chi connectivity index (χ0n) is 15.1. The summed E-state index contributed by atoms with van der Waals surface area (Å²) in [5.74, 6) is -0.769. The minimum absolute atomic E-state index is 0.247. The van der Waals surface area contributed by atoms with Gasteiger partial charge in [0.15, 0.2) is 5.69 Å². The highest BCUT2D eigenvalue weighted by atomic mass is 19.4. The molecule has 0 saturated carbocycles. The fourth-order valence-corrected chi connectivity index (χ4v) is 2.95. The highest BCUT2D eigenvalue weighted by Gasteiger charge is 2.40. The molecule has 0 aliphatic carbocycles. The Labute approximate surface area is 161 Å². The molecule has 3 aromatic rings. The Hall–Kier alpha value is -3.09. The number of aromatic nitrogens is 2. The molecule has 0 fully saturated rings. The van der Waals surface area contributed by atoms with Gasteiger partial charge in [-0.3, -0.25) is 4.79 Å². The predicted octanol–water partition coefficient (Wildman–Crippen LogP) is 4.64. The molecule has 28 heavy (non-hydrogen) atoms. The summed E-state index contributed by atoms with van der Waals surface area (Å²) in [6.45, 7) is 0.305. The summed E-state index contributed by atoms with van der Waals surface area (Å²) < 4.78 is 41.5. The molecule has 4 nitrogen and oxygen atoms in total. The summed E-state index contributed by atoms with van der Waals surface area (Å²) in [6.07, 6.45) is -1.37. The van der Waals surface area contributed by atoms with E-state index in [4.69, 9.17) is 0 Å². The van der Waals surface area contributed by atoms with Crippen LogP contribution in [-0.4, -0.2) is 22.2 Å². The summed E-state index contributed by atoms with van der Waals surface area (Å²) in [5, 5.41) is 6.36. The van der Waals surface area contributed by atoms with Crippen LogP contribution in [0.25, 0.3) is 5.69 Å². The molecule has 0 radical (unpaired) electrons. The van der Waals surface area contributed by atoms with Crippen LogP contribution >= 0.6 is 0 Å². The van der Waals surface area contributed by atoms with Crippen LogP contribution in [0.5, 0.6) is 0 Å². The number of carbonyl (C=O) groups excluding carboxylic acids is 1. The molecule has 1 aromatic heterocycles. The van der Waals surface area contributed by atoms with Crippen molar-refractivity contribution in [1.82, 2.24) is 15.1 Å². The van der Waals surface area contributed by atoms with E-state index in [2.05, 4.69) is 10.4 Å². The topological polar surface area (TPSA) is 46.9 Å². The number of carbonyl (C=O) groups is 1. The van der Waals surface area contributed by atoms with Gasteiger partial charge in [0.05, 0.1) is 17.4 Å². The molecule has 1 amide bonds. The van der Waals surface area contributed by atoms with Crippen LogP contribution in [0.15, 0.2) is 66.9 Å². The lowest BCUT2D eigenvalue weighted by Gasteiger charge is -2.13. The van der Waals surface area contributed by atoms with E-state index in [9.17, 15) is 18.0 Å². The van der Waals surface area contributed by atoms with Crippen LogP contribution in [0.1, 0.15) is 34.5 Å². The molecule has 1 N–H and O–H groups in total. The first-order chi connectivity index (χ1) is 13.5. The van der Waals surface area contributed by atoms with Gasteiger partial charge in [0.2, 0.25) is 0 Å². The van der Waals surface area contributed by atoms with Crippen LogP contribution in [0, 0.1) is 0 Å². The first kappa shape index (κ1) is 19.7. The molecular formula is C21H20F3N3O. The standard InChI is InChI=1S/C21H20F3N3O/c22-21(23,24)19-18(15-26-27(19)17-12-5-2-6-13-17)20(28)25-14-8-7-11-16-9-3-1-4-10-16/h1-6,9-10,12-13,15H,7-8,11,14H2,(H,25,28). The van der Waals surface area contributed by atoms with Crippen molar-refractivity contribution in [3.05, 3.63) is 83.7 Å². The number of hydrogen-bond acceptors (Lipinski definition) is 2. The van der Waals surface area contributed by atoms with Gasteiger partial charge < -0.3 is 5.32 Å². The van der Waals surface area contributed by atoms with E-state index in [0.717, 1.165) is 23.7 Å². The van der Waals surface area contributed by atoms with Crippen LogP contribution in [0.2, 0.25) is 0 Å². The monoisotopic (exact) mass is 387 g/mol. The Balaban J connectivity index is 1.64. The van der Waals surface area contributed by atoms with E-state index in [1.807, 2.05) is 30.3 Å². The second kappa shape index (κ2) is 8.73. The molecule has 0 unspecified atom stereocenters. The first-order valence-corrected chi connectivity index (χ1v) is 8.99. The molecule has 1 heterocycles. The minimum atomic E-state index is -4.70. The van der Waals surface area contributed by atoms with Gasteiger partial charge in [0.1, 0.15) is 0 Å². The van der Waals surface area contributed by atoms with Gasteiger partial charge in [-0.15, -0.1) is 0 Å². The molecular weight excluding hydrogens is 367 g/mol. The lowest BCUT2D eigenvalue weighted by atomic mass is 10.1. The van der Waals surface area contributed by atoms with Gasteiger partial charge in [-0.25, -0.2) is 4.68 Å². The first-order valence-electron chi connectivity index (χ1n) is 8.99. The molecule has 0 aliphatic rings. The van der Waals surface area contributed by atoms with Gasteiger partial charge in [-0.2, -0.15) is 18.3 Å². The summed E-state index contributed by atoms with van der Waals surface area (Å²) >= 11 is 0. The normalized spacial score (nSPS) is 11.4. The Kier molecular flexibility index (Phi) is 6.13. The molecule has 0 atom stereocenters. The number of halogens is 3. The average Bonchev–Trinajstić information content (AvgIpc) is 3.15. The summed E-state index contributed by atoms with van der Waals surface area (Å²) in [6, 6.07) is 17.8. The van der Waals surface area contributed by atoms with Crippen LogP contribution < -0.4 is 5.32 Å². The Morgan fingerprint density at radius 1 is 0.964 bits per heavy atom. The van der Waals surface area contributed by atoms with E-state index < -0.39 is 23.3 Å². The van der Waals surface area contributed by atoms with Gasteiger partial charge in [-0.1, -0.05) is 48.5 Å². The third kappa shape index (κ3) is 4.79. The van der Waals surface area contributed by atoms with E-state index in [-0.39, 0.29) is 5.69 Å². The van der Waals surface area contributed by atoms with E-state index >= 15 is 0 Å². The number of benzene rings is 2.